The maximum absolute atomic E-state index is 13.5. The normalized spacial score (nSPS) is 10.2. The van der Waals surface area contributed by atoms with Gasteiger partial charge in [-0.15, -0.1) is 0 Å². The van der Waals surface area contributed by atoms with Crippen molar-refractivity contribution in [3.8, 4) is 0 Å². The largest absolute Gasteiger partial charge is 0.475 e. The fourth-order valence-corrected chi connectivity index (χ4v) is 1.48. The van der Waals surface area contributed by atoms with Gasteiger partial charge in [0.25, 0.3) is 5.91 Å². The molecule has 1 aromatic carbocycles. The smallest absolute Gasteiger partial charge is 0.374 e. The molecule has 0 fully saturated rings. The van der Waals surface area contributed by atoms with Crippen molar-refractivity contribution in [2.45, 2.75) is 0 Å². The number of nitrogens with zero attached hydrogens (tertiary/aromatic N) is 2. The molecule has 19 heavy (non-hydrogen) atoms. The number of carboxylic acid groups (broad SMARTS) is 1. The number of benzene rings is 1. The van der Waals surface area contributed by atoms with Crippen molar-refractivity contribution < 1.29 is 23.6 Å². The van der Waals surface area contributed by atoms with E-state index < -0.39 is 23.5 Å². The zero-order valence-electron chi connectivity index (χ0n) is 9.83. The Bertz CT molecular complexity index is 638. The minimum atomic E-state index is -1.33. The molecule has 0 saturated carbocycles. The number of hydrogen-bond donors (Lipinski definition) is 1. The Morgan fingerprint density at radius 3 is 2.63 bits per heavy atom. The van der Waals surface area contributed by atoms with E-state index in [0.717, 1.165) is 11.0 Å². The number of carbonyl (C=O) groups excluding carboxylic acids is 1. The lowest BCUT2D eigenvalue weighted by Gasteiger charge is -2.16. The molecule has 0 unspecified atom stereocenters. The van der Waals surface area contributed by atoms with Crippen LogP contribution in [0.25, 0.3) is 0 Å². The first kappa shape index (κ1) is 12.7. The van der Waals surface area contributed by atoms with Crippen LogP contribution < -0.4 is 4.90 Å². The fourth-order valence-electron chi connectivity index (χ4n) is 1.48. The minimum Gasteiger partial charge on any atom is -0.475 e. The van der Waals surface area contributed by atoms with E-state index in [1.807, 2.05) is 0 Å². The number of carbonyl (C=O) groups is 2. The monoisotopic (exact) mass is 264 g/mol. The van der Waals surface area contributed by atoms with Crippen molar-refractivity contribution in [2.24, 2.45) is 0 Å². The lowest BCUT2D eigenvalue weighted by Crippen LogP contribution is -2.27. The number of amides is 1. The topological polar surface area (TPSA) is 83.6 Å². The second kappa shape index (κ2) is 4.89. The molecule has 2 aromatic rings. The van der Waals surface area contributed by atoms with Gasteiger partial charge in [0.05, 0.1) is 5.69 Å². The van der Waals surface area contributed by atoms with Gasteiger partial charge in [-0.3, -0.25) is 4.79 Å². The third kappa shape index (κ3) is 2.44. The average Bonchev–Trinajstić information content (AvgIpc) is 2.87. The molecule has 1 aromatic heterocycles. The molecule has 7 heteroatoms. The molecular weight excluding hydrogens is 255 g/mol. The van der Waals surface area contributed by atoms with E-state index in [9.17, 15) is 14.0 Å². The molecule has 2 rings (SSSR count). The van der Waals surface area contributed by atoms with Crippen LogP contribution in [0.15, 0.2) is 34.9 Å². The highest BCUT2D eigenvalue weighted by Crippen LogP contribution is 2.19. The number of halogens is 1. The number of aromatic nitrogens is 1. The Labute approximate surface area is 107 Å². The zero-order valence-corrected chi connectivity index (χ0v) is 9.83. The standard InChI is InChI=1S/C12H9FN2O4/c1-15(9-5-3-2-4-7(9)13)11(16)8-6-10(12(17)18)19-14-8/h2-6H,1H3,(H,17,18). The predicted octanol–water partition coefficient (Wildman–Crippen LogP) is 1.79. The van der Waals surface area contributed by atoms with E-state index in [1.54, 1.807) is 6.07 Å². The van der Waals surface area contributed by atoms with Crippen LogP contribution in [0.2, 0.25) is 0 Å². The summed E-state index contributed by atoms with van der Waals surface area (Å²) in [5.74, 6) is -3.02. The van der Waals surface area contributed by atoms with Crippen LogP contribution in [0.4, 0.5) is 10.1 Å². The van der Waals surface area contributed by atoms with Gasteiger partial charge in [0, 0.05) is 13.1 Å². The summed E-state index contributed by atoms with van der Waals surface area (Å²) in [5.41, 5.74) is -0.143. The van der Waals surface area contributed by atoms with Gasteiger partial charge in [0.2, 0.25) is 5.76 Å². The van der Waals surface area contributed by atoms with Crippen molar-refractivity contribution in [1.29, 1.82) is 0 Å². The van der Waals surface area contributed by atoms with Crippen molar-refractivity contribution in [1.82, 2.24) is 5.16 Å². The molecule has 1 N–H and O–H groups in total. The van der Waals surface area contributed by atoms with Crippen molar-refractivity contribution in [3.63, 3.8) is 0 Å². The molecule has 0 atom stereocenters. The Balaban J connectivity index is 2.28. The maximum Gasteiger partial charge on any atom is 0.374 e. The summed E-state index contributed by atoms with van der Waals surface area (Å²) in [7, 11) is 1.36. The number of carboxylic acids is 1. The molecule has 98 valence electrons. The Kier molecular flexibility index (Phi) is 3.28. The molecule has 0 bridgehead atoms. The van der Waals surface area contributed by atoms with Gasteiger partial charge < -0.3 is 14.5 Å². The first-order valence-electron chi connectivity index (χ1n) is 5.23. The quantitative estimate of drug-likeness (QED) is 0.913. The molecule has 1 amide bonds. The average molecular weight is 264 g/mol. The third-order valence-corrected chi connectivity index (χ3v) is 2.46. The van der Waals surface area contributed by atoms with Crippen molar-refractivity contribution in [3.05, 3.63) is 47.6 Å². The highest BCUT2D eigenvalue weighted by Gasteiger charge is 2.22. The van der Waals surface area contributed by atoms with Gasteiger partial charge in [-0.05, 0) is 12.1 Å². The van der Waals surface area contributed by atoms with E-state index in [-0.39, 0.29) is 11.4 Å². The lowest BCUT2D eigenvalue weighted by molar-refractivity contribution is 0.0651. The zero-order chi connectivity index (χ0) is 14.0. The van der Waals surface area contributed by atoms with Crippen LogP contribution in [0.1, 0.15) is 21.0 Å². The van der Waals surface area contributed by atoms with Gasteiger partial charge in [0.1, 0.15) is 5.82 Å². The summed E-state index contributed by atoms with van der Waals surface area (Å²) in [4.78, 5) is 23.6. The Morgan fingerprint density at radius 2 is 2.05 bits per heavy atom. The number of aromatic carboxylic acids is 1. The van der Waals surface area contributed by atoms with Crippen LogP contribution in [-0.2, 0) is 0 Å². The molecule has 1 heterocycles. The molecule has 0 aliphatic rings. The Morgan fingerprint density at radius 1 is 1.37 bits per heavy atom. The van der Waals surface area contributed by atoms with E-state index in [0.29, 0.717) is 0 Å². The summed E-state index contributed by atoms with van der Waals surface area (Å²) >= 11 is 0. The van der Waals surface area contributed by atoms with Crippen molar-refractivity contribution in [2.75, 3.05) is 11.9 Å². The summed E-state index contributed by atoms with van der Waals surface area (Å²) in [6, 6.07) is 6.70. The molecular formula is C12H9FN2O4. The van der Waals surface area contributed by atoms with E-state index in [4.69, 9.17) is 5.11 Å². The number of hydrogen-bond acceptors (Lipinski definition) is 4. The van der Waals surface area contributed by atoms with Crippen LogP contribution in [0.3, 0.4) is 0 Å². The first-order valence-corrected chi connectivity index (χ1v) is 5.23. The van der Waals surface area contributed by atoms with Gasteiger partial charge in [-0.2, -0.15) is 0 Å². The predicted molar refractivity (Wildman–Crippen MR) is 62.6 cm³/mol. The number of anilines is 1. The summed E-state index contributed by atoms with van der Waals surface area (Å²) < 4.78 is 18.0. The van der Waals surface area contributed by atoms with E-state index >= 15 is 0 Å². The van der Waals surface area contributed by atoms with Crippen LogP contribution >= 0.6 is 0 Å². The molecule has 0 radical (unpaired) electrons. The number of rotatable bonds is 3. The van der Waals surface area contributed by atoms with Crippen LogP contribution in [-0.4, -0.2) is 29.2 Å². The van der Waals surface area contributed by atoms with E-state index in [2.05, 4.69) is 9.68 Å². The Hall–Kier alpha value is -2.70. The summed E-state index contributed by atoms with van der Waals surface area (Å²) in [6.07, 6.45) is 0. The maximum atomic E-state index is 13.5. The van der Waals surface area contributed by atoms with Gasteiger partial charge in [-0.1, -0.05) is 17.3 Å². The summed E-state index contributed by atoms with van der Waals surface area (Å²) in [6.45, 7) is 0. The van der Waals surface area contributed by atoms with Gasteiger partial charge in [0.15, 0.2) is 5.69 Å². The second-order valence-electron chi connectivity index (χ2n) is 3.70. The van der Waals surface area contributed by atoms with Gasteiger partial charge in [-0.25, -0.2) is 9.18 Å². The highest BCUT2D eigenvalue weighted by molar-refractivity contribution is 6.05. The lowest BCUT2D eigenvalue weighted by atomic mass is 10.2. The first-order chi connectivity index (χ1) is 9.00. The van der Waals surface area contributed by atoms with E-state index in [1.165, 1.54) is 25.2 Å². The minimum absolute atomic E-state index is 0.0624. The SMILES string of the molecule is CN(C(=O)c1cc(C(=O)O)on1)c1ccccc1F. The molecule has 6 nitrogen and oxygen atoms in total. The van der Waals surface area contributed by atoms with Crippen molar-refractivity contribution >= 4 is 17.6 Å². The summed E-state index contributed by atoms with van der Waals surface area (Å²) in [5, 5.41) is 12.0. The molecule has 0 spiro atoms. The fraction of sp³-hybridized carbons (Fsp3) is 0.0833. The number of para-hydroxylation sites is 1. The third-order valence-electron chi connectivity index (χ3n) is 2.46. The van der Waals surface area contributed by atoms with Gasteiger partial charge >= 0.3 is 5.97 Å². The molecule has 0 saturated heterocycles. The van der Waals surface area contributed by atoms with Crippen LogP contribution in [0, 0.1) is 5.82 Å². The highest BCUT2D eigenvalue weighted by atomic mass is 19.1. The molecule has 0 aliphatic carbocycles. The van der Waals surface area contributed by atoms with Crippen LogP contribution in [0.5, 0.6) is 0 Å². The second-order valence-corrected chi connectivity index (χ2v) is 3.70. The molecule has 0 aliphatic heterocycles.